The summed E-state index contributed by atoms with van der Waals surface area (Å²) in [5.74, 6) is 2.25. The van der Waals surface area contributed by atoms with Gasteiger partial charge in [-0.2, -0.15) is 0 Å². The first-order chi connectivity index (χ1) is 11.6. The Morgan fingerprint density at radius 3 is 2.58 bits per heavy atom. The van der Waals surface area contributed by atoms with Gasteiger partial charge in [0.25, 0.3) is 0 Å². The molecular formula is C20H21NO2S. The van der Waals surface area contributed by atoms with E-state index >= 15 is 0 Å². The van der Waals surface area contributed by atoms with E-state index in [2.05, 4.69) is 12.1 Å². The van der Waals surface area contributed by atoms with Crippen molar-refractivity contribution in [3.63, 3.8) is 0 Å². The molecule has 0 aliphatic rings. The Hall–Kier alpha value is -2.20. The molecule has 0 saturated carbocycles. The summed E-state index contributed by atoms with van der Waals surface area (Å²) in [6, 6.07) is 20.1. The Bertz CT molecular complexity index is 780. The second-order valence-electron chi connectivity index (χ2n) is 5.85. The van der Waals surface area contributed by atoms with Crippen LogP contribution in [0.1, 0.15) is 24.3 Å². The number of rotatable bonds is 6. The molecule has 24 heavy (non-hydrogen) atoms. The minimum Gasteiger partial charge on any atom is -0.459 e. The van der Waals surface area contributed by atoms with Gasteiger partial charge in [-0.05, 0) is 24.6 Å². The molecule has 1 unspecified atom stereocenters. The maximum absolute atomic E-state index is 12.4. The Labute approximate surface area is 146 Å². The zero-order chi connectivity index (χ0) is 16.9. The summed E-state index contributed by atoms with van der Waals surface area (Å²) in [6.07, 6.45) is 0. The fourth-order valence-corrected chi connectivity index (χ4v) is 3.46. The third kappa shape index (κ3) is 3.82. The number of para-hydroxylation sites is 1. The van der Waals surface area contributed by atoms with Crippen molar-refractivity contribution in [1.82, 2.24) is 4.90 Å². The zero-order valence-corrected chi connectivity index (χ0v) is 14.8. The molecule has 0 radical (unpaired) electrons. The summed E-state index contributed by atoms with van der Waals surface area (Å²) in [4.78, 5) is 14.2. The highest BCUT2D eigenvalue weighted by molar-refractivity contribution is 7.99. The molecule has 0 bridgehead atoms. The summed E-state index contributed by atoms with van der Waals surface area (Å²) in [7, 11) is 1.84. The van der Waals surface area contributed by atoms with Crippen LogP contribution in [0.25, 0.3) is 11.0 Å². The number of thioether (sulfide) groups is 1. The topological polar surface area (TPSA) is 33.5 Å². The second kappa shape index (κ2) is 7.58. The SMILES string of the molecule is CC(c1cc2ccccc2o1)N(C)C(=O)CSCc1ccccc1. The lowest BCUT2D eigenvalue weighted by Gasteiger charge is -2.23. The monoisotopic (exact) mass is 339 g/mol. The van der Waals surface area contributed by atoms with Crippen molar-refractivity contribution in [2.24, 2.45) is 0 Å². The highest BCUT2D eigenvalue weighted by atomic mass is 32.2. The molecule has 1 amide bonds. The van der Waals surface area contributed by atoms with Gasteiger partial charge < -0.3 is 9.32 Å². The Morgan fingerprint density at radius 1 is 1.12 bits per heavy atom. The van der Waals surface area contributed by atoms with Crippen LogP contribution >= 0.6 is 11.8 Å². The number of carbonyl (C=O) groups excluding carboxylic acids is 1. The van der Waals surface area contributed by atoms with Gasteiger partial charge in [0, 0.05) is 18.2 Å². The van der Waals surface area contributed by atoms with Crippen molar-refractivity contribution in [2.45, 2.75) is 18.7 Å². The van der Waals surface area contributed by atoms with Crippen LogP contribution in [0.4, 0.5) is 0 Å². The predicted octanol–water partition coefficient (Wildman–Crippen LogP) is 4.89. The maximum Gasteiger partial charge on any atom is 0.232 e. The normalized spacial score (nSPS) is 12.2. The van der Waals surface area contributed by atoms with Gasteiger partial charge in [-0.3, -0.25) is 4.79 Å². The molecular weight excluding hydrogens is 318 g/mol. The van der Waals surface area contributed by atoms with E-state index in [4.69, 9.17) is 4.42 Å². The maximum atomic E-state index is 12.4. The number of hydrogen-bond acceptors (Lipinski definition) is 3. The Morgan fingerprint density at radius 2 is 1.83 bits per heavy atom. The first-order valence-electron chi connectivity index (χ1n) is 8.01. The van der Waals surface area contributed by atoms with Gasteiger partial charge in [0.1, 0.15) is 11.3 Å². The molecule has 124 valence electrons. The zero-order valence-electron chi connectivity index (χ0n) is 13.9. The smallest absolute Gasteiger partial charge is 0.232 e. The third-order valence-electron chi connectivity index (χ3n) is 4.17. The largest absolute Gasteiger partial charge is 0.459 e. The highest BCUT2D eigenvalue weighted by Crippen LogP contribution is 2.27. The number of benzene rings is 2. The Balaban J connectivity index is 1.58. The number of amides is 1. The van der Waals surface area contributed by atoms with Gasteiger partial charge >= 0.3 is 0 Å². The lowest BCUT2D eigenvalue weighted by Crippen LogP contribution is -2.30. The number of carbonyl (C=O) groups is 1. The van der Waals surface area contributed by atoms with Crippen molar-refractivity contribution in [3.05, 3.63) is 72.0 Å². The van der Waals surface area contributed by atoms with Crippen molar-refractivity contribution in [3.8, 4) is 0 Å². The minimum absolute atomic E-state index is 0.0813. The number of nitrogens with zero attached hydrogens (tertiary/aromatic N) is 1. The Kier molecular flexibility index (Phi) is 5.26. The van der Waals surface area contributed by atoms with Crippen LogP contribution in [-0.4, -0.2) is 23.6 Å². The summed E-state index contributed by atoms with van der Waals surface area (Å²) >= 11 is 1.64. The lowest BCUT2D eigenvalue weighted by molar-refractivity contribution is -0.129. The average molecular weight is 339 g/mol. The summed E-state index contributed by atoms with van der Waals surface area (Å²) in [5.41, 5.74) is 2.10. The second-order valence-corrected chi connectivity index (χ2v) is 6.83. The van der Waals surface area contributed by atoms with E-state index in [1.807, 2.05) is 62.5 Å². The van der Waals surface area contributed by atoms with E-state index in [1.165, 1.54) is 5.56 Å². The van der Waals surface area contributed by atoms with Crippen molar-refractivity contribution in [2.75, 3.05) is 12.8 Å². The average Bonchev–Trinajstić information content (AvgIpc) is 3.05. The molecule has 1 heterocycles. The van der Waals surface area contributed by atoms with E-state index in [1.54, 1.807) is 16.7 Å². The van der Waals surface area contributed by atoms with Gasteiger partial charge in [-0.25, -0.2) is 0 Å². The predicted molar refractivity (Wildman–Crippen MR) is 100 cm³/mol. The lowest BCUT2D eigenvalue weighted by atomic mass is 10.2. The van der Waals surface area contributed by atoms with E-state index in [9.17, 15) is 4.79 Å². The van der Waals surface area contributed by atoms with E-state index in [0.29, 0.717) is 5.75 Å². The number of furan rings is 1. The van der Waals surface area contributed by atoms with Gasteiger partial charge in [0.2, 0.25) is 5.91 Å². The van der Waals surface area contributed by atoms with Crippen LogP contribution < -0.4 is 0 Å². The van der Waals surface area contributed by atoms with Crippen LogP contribution in [0.3, 0.4) is 0 Å². The van der Waals surface area contributed by atoms with Crippen molar-refractivity contribution in [1.29, 1.82) is 0 Å². The van der Waals surface area contributed by atoms with E-state index in [-0.39, 0.29) is 11.9 Å². The van der Waals surface area contributed by atoms with Crippen LogP contribution in [0, 0.1) is 0 Å². The summed E-state index contributed by atoms with van der Waals surface area (Å²) in [5, 5.41) is 1.07. The molecule has 3 aromatic rings. The molecule has 0 saturated heterocycles. The van der Waals surface area contributed by atoms with Crippen LogP contribution in [-0.2, 0) is 10.5 Å². The van der Waals surface area contributed by atoms with Crippen LogP contribution in [0.5, 0.6) is 0 Å². The van der Waals surface area contributed by atoms with Crippen LogP contribution in [0.15, 0.2) is 65.1 Å². The number of hydrogen-bond donors (Lipinski definition) is 0. The standard InChI is InChI=1S/C20H21NO2S/c1-15(19-12-17-10-6-7-11-18(17)23-19)21(2)20(22)14-24-13-16-8-4-3-5-9-16/h3-12,15H,13-14H2,1-2H3. The fraction of sp³-hybridized carbons (Fsp3) is 0.250. The molecule has 0 aliphatic heterocycles. The third-order valence-corrected chi connectivity index (χ3v) is 5.16. The quantitative estimate of drug-likeness (QED) is 0.641. The molecule has 0 spiro atoms. The first kappa shape index (κ1) is 16.7. The molecule has 3 nitrogen and oxygen atoms in total. The fourth-order valence-electron chi connectivity index (χ4n) is 2.55. The summed E-state index contributed by atoms with van der Waals surface area (Å²) < 4.78 is 5.87. The molecule has 0 aliphatic carbocycles. The van der Waals surface area contributed by atoms with Gasteiger partial charge in [0.15, 0.2) is 0 Å². The van der Waals surface area contributed by atoms with Crippen molar-refractivity contribution >= 4 is 28.6 Å². The van der Waals surface area contributed by atoms with Crippen LogP contribution in [0.2, 0.25) is 0 Å². The van der Waals surface area contributed by atoms with Gasteiger partial charge in [-0.15, -0.1) is 11.8 Å². The highest BCUT2D eigenvalue weighted by Gasteiger charge is 2.20. The van der Waals surface area contributed by atoms with Crippen molar-refractivity contribution < 1.29 is 9.21 Å². The molecule has 1 aromatic heterocycles. The van der Waals surface area contributed by atoms with Gasteiger partial charge in [-0.1, -0.05) is 48.5 Å². The van der Waals surface area contributed by atoms with Gasteiger partial charge in [0.05, 0.1) is 11.8 Å². The molecule has 3 rings (SSSR count). The minimum atomic E-state index is -0.0813. The van der Waals surface area contributed by atoms with E-state index < -0.39 is 0 Å². The molecule has 0 N–H and O–H groups in total. The van der Waals surface area contributed by atoms with E-state index in [0.717, 1.165) is 22.5 Å². The molecule has 2 aromatic carbocycles. The first-order valence-corrected chi connectivity index (χ1v) is 9.16. The molecule has 4 heteroatoms. The summed E-state index contributed by atoms with van der Waals surface area (Å²) in [6.45, 7) is 2.00. The number of fused-ring (bicyclic) bond motifs is 1. The molecule has 0 fully saturated rings. The molecule has 1 atom stereocenters.